The van der Waals surface area contributed by atoms with Gasteiger partial charge >= 0.3 is 0 Å². The van der Waals surface area contributed by atoms with Crippen LogP contribution in [0.25, 0.3) is 20.2 Å². The Labute approximate surface area is 103 Å². The van der Waals surface area contributed by atoms with E-state index in [9.17, 15) is 0 Å². The van der Waals surface area contributed by atoms with Crippen molar-refractivity contribution in [1.29, 1.82) is 0 Å². The monoisotopic (exact) mass is 248 g/mol. The van der Waals surface area contributed by atoms with Gasteiger partial charge in [0.15, 0.2) is 11.4 Å². The summed E-state index contributed by atoms with van der Waals surface area (Å²) in [5.74, 6) is 0. The molecular formula is C13H11ClNS+. The maximum Gasteiger partial charge on any atom is 0.194 e. The molecule has 0 radical (unpaired) electrons. The van der Waals surface area contributed by atoms with Gasteiger partial charge in [0.05, 0.1) is 0 Å². The van der Waals surface area contributed by atoms with Gasteiger partial charge in [-0.15, -0.1) is 11.3 Å². The Kier molecular flexibility index (Phi) is 2.16. The Bertz CT molecular complexity index is 700. The molecule has 1 nitrogen and oxygen atoms in total. The Morgan fingerprint density at radius 1 is 1.12 bits per heavy atom. The van der Waals surface area contributed by atoms with E-state index in [0.29, 0.717) is 0 Å². The third-order valence-electron chi connectivity index (χ3n) is 2.77. The van der Waals surface area contributed by atoms with E-state index in [-0.39, 0.29) is 0 Å². The Hall–Kier alpha value is -1.12. The van der Waals surface area contributed by atoms with E-state index in [1.165, 1.54) is 31.6 Å². The van der Waals surface area contributed by atoms with Crippen LogP contribution >= 0.6 is 22.9 Å². The van der Waals surface area contributed by atoms with Gasteiger partial charge < -0.3 is 0 Å². The molecule has 0 unspecified atom stereocenters. The van der Waals surface area contributed by atoms with E-state index < -0.39 is 0 Å². The lowest BCUT2D eigenvalue weighted by Crippen LogP contribution is -2.10. The van der Waals surface area contributed by atoms with Gasteiger partial charge in [0.1, 0.15) is 4.70 Å². The maximum atomic E-state index is 6.05. The summed E-state index contributed by atoms with van der Waals surface area (Å²) in [6.07, 6.45) is 0. The van der Waals surface area contributed by atoms with Gasteiger partial charge in [0, 0.05) is 40.4 Å². The number of rotatable bonds is 0. The second-order valence-electron chi connectivity index (χ2n) is 4.06. The Balaban J connectivity index is 2.57. The second-order valence-corrected chi connectivity index (χ2v) is 5.55. The molecule has 0 amide bonds. The third kappa shape index (κ3) is 1.41. The van der Waals surface area contributed by atoms with E-state index in [2.05, 4.69) is 37.0 Å². The first-order valence-corrected chi connectivity index (χ1v) is 6.36. The van der Waals surface area contributed by atoms with Crippen LogP contribution in [0.3, 0.4) is 0 Å². The van der Waals surface area contributed by atoms with Gasteiger partial charge in [0.25, 0.3) is 0 Å². The van der Waals surface area contributed by atoms with Crippen LogP contribution in [0.1, 0.15) is 11.4 Å². The van der Waals surface area contributed by atoms with Gasteiger partial charge in [-0.3, -0.25) is 0 Å². The first kappa shape index (κ1) is 10.1. The minimum Gasteiger partial charge on any atom is -0.212 e. The Morgan fingerprint density at radius 2 is 1.94 bits per heavy atom. The topological polar surface area (TPSA) is 14.1 Å². The third-order valence-corrected chi connectivity index (χ3v) is 4.32. The number of H-pyrrole nitrogens is 1. The number of thiophene rings is 1. The summed E-state index contributed by atoms with van der Waals surface area (Å²) in [4.78, 5) is 3.37. The van der Waals surface area contributed by atoms with Crippen molar-refractivity contribution >= 4 is 43.1 Å². The molecular weight excluding hydrogens is 238 g/mol. The molecule has 0 aliphatic carbocycles. The van der Waals surface area contributed by atoms with Crippen molar-refractivity contribution in [1.82, 2.24) is 0 Å². The standard InChI is InChI=1S/C13H10ClNS/c1-7-5-11-10-6-9(14)3-4-12(10)16-13(11)8(2)15-7/h3-6H,1-2H3/p+1. The zero-order valence-corrected chi connectivity index (χ0v) is 10.7. The molecule has 0 aliphatic heterocycles. The highest BCUT2D eigenvalue weighted by Crippen LogP contribution is 2.35. The largest absolute Gasteiger partial charge is 0.212 e. The van der Waals surface area contributed by atoms with Crippen LogP contribution in [0.4, 0.5) is 0 Å². The fourth-order valence-electron chi connectivity index (χ4n) is 2.12. The lowest BCUT2D eigenvalue weighted by Gasteiger charge is -1.93. The number of nitrogens with one attached hydrogen (secondary N) is 1. The summed E-state index contributed by atoms with van der Waals surface area (Å²) >= 11 is 7.87. The molecule has 1 N–H and O–H groups in total. The summed E-state index contributed by atoms with van der Waals surface area (Å²) in [5, 5.41) is 3.36. The number of benzene rings is 1. The maximum absolute atomic E-state index is 6.05. The van der Waals surface area contributed by atoms with Crippen LogP contribution in [0.5, 0.6) is 0 Å². The number of aromatic amines is 1. The average Bonchev–Trinajstić information content (AvgIpc) is 2.57. The minimum atomic E-state index is 0.801. The van der Waals surface area contributed by atoms with Crippen molar-refractivity contribution in [2.24, 2.45) is 0 Å². The normalized spacial score (nSPS) is 11.4. The second kappa shape index (κ2) is 3.44. The highest BCUT2D eigenvalue weighted by atomic mass is 35.5. The van der Waals surface area contributed by atoms with Crippen LogP contribution in [0.15, 0.2) is 24.3 Å². The molecule has 3 aromatic rings. The first-order valence-electron chi connectivity index (χ1n) is 5.16. The van der Waals surface area contributed by atoms with Crippen molar-refractivity contribution in [2.45, 2.75) is 13.8 Å². The SMILES string of the molecule is Cc1cc2c(sc3ccc(Cl)cc32)c(C)[nH+]1. The molecule has 0 spiro atoms. The quantitative estimate of drug-likeness (QED) is 0.568. The fourth-order valence-corrected chi connectivity index (χ4v) is 3.41. The first-order chi connectivity index (χ1) is 7.65. The van der Waals surface area contributed by atoms with Crippen LogP contribution in [-0.4, -0.2) is 0 Å². The summed E-state index contributed by atoms with van der Waals surface area (Å²) < 4.78 is 2.62. The van der Waals surface area contributed by atoms with E-state index >= 15 is 0 Å². The Morgan fingerprint density at radius 3 is 2.75 bits per heavy atom. The smallest absolute Gasteiger partial charge is 0.194 e. The molecule has 16 heavy (non-hydrogen) atoms. The van der Waals surface area contributed by atoms with Crippen LogP contribution in [0, 0.1) is 13.8 Å². The predicted octanol–water partition coefficient (Wildman–Crippen LogP) is 4.14. The van der Waals surface area contributed by atoms with E-state index in [1.54, 1.807) is 0 Å². The number of aryl methyl sites for hydroxylation is 2. The van der Waals surface area contributed by atoms with Crippen molar-refractivity contribution in [3.05, 3.63) is 40.7 Å². The van der Waals surface area contributed by atoms with E-state index in [4.69, 9.17) is 11.6 Å². The van der Waals surface area contributed by atoms with Crippen molar-refractivity contribution in [2.75, 3.05) is 0 Å². The molecule has 2 aromatic heterocycles. The summed E-state index contributed by atoms with van der Waals surface area (Å²) in [6.45, 7) is 4.20. The highest BCUT2D eigenvalue weighted by molar-refractivity contribution is 7.26. The summed E-state index contributed by atoms with van der Waals surface area (Å²) in [7, 11) is 0. The van der Waals surface area contributed by atoms with Gasteiger partial charge in [-0.25, -0.2) is 4.98 Å². The lowest BCUT2D eigenvalue weighted by molar-refractivity contribution is -0.394. The summed E-state index contributed by atoms with van der Waals surface area (Å²) in [6, 6.07) is 8.29. The highest BCUT2D eigenvalue weighted by Gasteiger charge is 2.12. The molecule has 0 bridgehead atoms. The number of aromatic nitrogens is 1. The molecule has 80 valence electrons. The minimum absolute atomic E-state index is 0.801. The number of pyridine rings is 1. The molecule has 0 fully saturated rings. The predicted molar refractivity (Wildman–Crippen MR) is 70.4 cm³/mol. The summed E-state index contributed by atoms with van der Waals surface area (Å²) in [5.41, 5.74) is 2.41. The molecule has 0 aliphatic rings. The number of hydrogen-bond donors (Lipinski definition) is 0. The fraction of sp³-hybridized carbons (Fsp3) is 0.154. The lowest BCUT2D eigenvalue weighted by atomic mass is 10.1. The molecule has 3 heteroatoms. The van der Waals surface area contributed by atoms with Crippen molar-refractivity contribution in [3.8, 4) is 0 Å². The van der Waals surface area contributed by atoms with E-state index in [0.717, 1.165) is 5.02 Å². The van der Waals surface area contributed by atoms with Gasteiger partial charge in [-0.05, 0) is 18.2 Å². The van der Waals surface area contributed by atoms with Gasteiger partial charge in [0.2, 0.25) is 0 Å². The molecule has 0 saturated carbocycles. The molecule has 0 saturated heterocycles. The molecule has 0 atom stereocenters. The number of hydrogen-bond acceptors (Lipinski definition) is 1. The van der Waals surface area contributed by atoms with E-state index in [1.807, 2.05) is 17.4 Å². The zero-order valence-electron chi connectivity index (χ0n) is 9.10. The zero-order chi connectivity index (χ0) is 11.3. The van der Waals surface area contributed by atoms with Crippen molar-refractivity contribution < 1.29 is 4.98 Å². The van der Waals surface area contributed by atoms with Gasteiger partial charge in [-0.1, -0.05) is 11.6 Å². The molecule has 2 heterocycles. The number of halogens is 1. The van der Waals surface area contributed by atoms with Crippen LogP contribution in [0.2, 0.25) is 5.02 Å². The van der Waals surface area contributed by atoms with Crippen LogP contribution < -0.4 is 4.98 Å². The van der Waals surface area contributed by atoms with Gasteiger partial charge in [-0.2, -0.15) is 0 Å². The number of fused-ring (bicyclic) bond motifs is 3. The average molecular weight is 249 g/mol. The molecule has 3 rings (SSSR count). The van der Waals surface area contributed by atoms with Crippen molar-refractivity contribution in [3.63, 3.8) is 0 Å². The molecule has 1 aromatic carbocycles. The van der Waals surface area contributed by atoms with Crippen LogP contribution in [-0.2, 0) is 0 Å².